The fraction of sp³-hybridized carbons (Fsp3) is 0.647. The van der Waals surface area contributed by atoms with Gasteiger partial charge in [-0.2, -0.15) is 0 Å². The van der Waals surface area contributed by atoms with E-state index in [-0.39, 0.29) is 29.9 Å². The van der Waals surface area contributed by atoms with Gasteiger partial charge in [0.1, 0.15) is 0 Å². The van der Waals surface area contributed by atoms with Gasteiger partial charge in [-0.05, 0) is 38.3 Å². The van der Waals surface area contributed by atoms with Crippen LogP contribution >= 0.6 is 35.3 Å². The fourth-order valence-corrected chi connectivity index (χ4v) is 3.49. The summed E-state index contributed by atoms with van der Waals surface area (Å²) in [6.07, 6.45) is 0. The summed E-state index contributed by atoms with van der Waals surface area (Å²) in [7, 11) is 1.80. The first kappa shape index (κ1) is 22.0. The van der Waals surface area contributed by atoms with E-state index in [0.717, 1.165) is 32.1 Å². The van der Waals surface area contributed by atoms with Gasteiger partial charge in [-0.15, -0.1) is 35.3 Å². The van der Waals surface area contributed by atoms with Crippen molar-refractivity contribution in [1.82, 2.24) is 15.5 Å². The van der Waals surface area contributed by atoms with Gasteiger partial charge in [0.15, 0.2) is 5.96 Å². The SMILES string of the molecule is CCNC(=O)C(C)(C)CNC(=NC)N1CCN(c2cccs2)CC1.I. The molecule has 25 heavy (non-hydrogen) atoms. The van der Waals surface area contributed by atoms with Gasteiger partial charge in [-0.1, -0.05) is 0 Å². The molecule has 1 aromatic rings. The van der Waals surface area contributed by atoms with Crippen molar-refractivity contribution in [3.8, 4) is 0 Å². The monoisotopic (exact) mass is 479 g/mol. The third-order valence-electron chi connectivity index (χ3n) is 4.25. The summed E-state index contributed by atoms with van der Waals surface area (Å²) in [6.45, 7) is 10.9. The molecule has 0 aliphatic carbocycles. The molecule has 1 saturated heterocycles. The molecule has 142 valence electrons. The molecule has 8 heteroatoms. The first-order valence-electron chi connectivity index (χ1n) is 8.50. The average molecular weight is 479 g/mol. The van der Waals surface area contributed by atoms with Crippen LogP contribution in [0.25, 0.3) is 0 Å². The maximum atomic E-state index is 12.1. The van der Waals surface area contributed by atoms with E-state index in [1.54, 1.807) is 18.4 Å². The third kappa shape index (κ3) is 6.02. The molecule has 2 heterocycles. The fourth-order valence-electron chi connectivity index (χ4n) is 2.70. The van der Waals surface area contributed by atoms with Crippen molar-refractivity contribution < 1.29 is 4.79 Å². The maximum Gasteiger partial charge on any atom is 0.227 e. The summed E-state index contributed by atoms with van der Waals surface area (Å²) in [6, 6.07) is 4.26. The van der Waals surface area contributed by atoms with Crippen LogP contribution < -0.4 is 15.5 Å². The van der Waals surface area contributed by atoms with Crippen molar-refractivity contribution in [2.75, 3.05) is 51.2 Å². The molecule has 0 unspecified atom stereocenters. The number of amides is 1. The van der Waals surface area contributed by atoms with E-state index in [0.29, 0.717) is 13.1 Å². The number of carbonyl (C=O) groups excluding carboxylic acids is 1. The topological polar surface area (TPSA) is 60.0 Å². The minimum atomic E-state index is -0.468. The Bertz CT molecular complexity index is 553. The average Bonchev–Trinajstić information content (AvgIpc) is 3.10. The largest absolute Gasteiger partial charge is 0.360 e. The second-order valence-corrected chi connectivity index (χ2v) is 7.50. The van der Waals surface area contributed by atoms with Gasteiger partial charge >= 0.3 is 0 Å². The Morgan fingerprint density at radius 3 is 2.48 bits per heavy atom. The molecule has 1 aliphatic rings. The summed E-state index contributed by atoms with van der Waals surface area (Å²) in [4.78, 5) is 21.2. The van der Waals surface area contributed by atoms with Gasteiger partial charge in [-0.25, -0.2) is 0 Å². The van der Waals surface area contributed by atoms with Crippen LogP contribution in [0.3, 0.4) is 0 Å². The number of anilines is 1. The molecule has 6 nitrogen and oxygen atoms in total. The minimum absolute atomic E-state index is 0. The lowest BCUT2D eigenvalue weighted by Gasteiger charge is -2.37. The zero-order chi connectivity index (χ0) is 17.6. The van der Waals surface area contributed by atoms with E-state index in [1.807, 2.05) is 20.8 Å². The van der Waals surface area contributed by atoms with E-state index < -0.39 is 5.41 Å². The molecule has 0 aromatic carbocycles. The van der Waals surface area contributed by atoms with Gasteiger partial charge in [0.25, 0.3) is 0 Å². The molecule has 0 bridgehead atoms. The molecule has 1 aliphatic heterocycles. The number of aliphatic imine (C=N–C) groups is 1. The van der Waals surface area contributed by atoms with Crippen LogP contribution in [-0.2, 0) is 4.79 Å². The number of nitrogens with one attached hydrogen (secondary N) is 2. The van der Waals surface area contributed by atoms with Gasteiger partial charge in [0.05, 0.1) is 10.4 Å². The quantitative estimate of drug-likeness (QED) is 0.387. The normalized spacial score (nSPS) is 15.6. The van der Waals surface area contributed by atoms with Crippen molar-refractivity contribution in [2.24, 2.45) is 10.4 Å². The van der Waals surface area contributed by atoms with Gasteiger partial charge in [-0.3, -0.25) is 9.79 Å². The number of halogens is 1. The van der Waals surface area contributed by atoms with Crippen molar-refractivity contribution in [3.05, 3.63) is 17.5 Å². The Hall–Kier alpha value is -1.03. The molecule has 2 N–H and O–H groups in total. The molecular formula is C17H30IN5OS. The van der Waals surface area contributed by atoms with Crippen molar-refractivity contribution in [2.45, 2.75) is 20.8 Å². The van der Waals surface area contributed by atoms with Crippen LogP contribution in [0.4, 0.5) is 5.00 Å². The summed E-state index contributed by atoms with van der Waals surface area (Å²) < 4.78 is 0. The Balaban J connectivity index is 0.00000312. The number of nitrogens with zero attached hydrogens (tertiary/aromatic N) is 3. The summed E-state index contributed by atoms with van der Waals surface area (Å²) in [5.41, 5.74) is -0.468. The number of hydrogen-bond acceptors (Lipinski definition) is 4. The molecule has 0 spiro atoms. The zero-order valence-electron chi connectivity index (χ0n) is 15.5. The number of carbonyl (C=O) groups is 1. The number of guanidine groups is 1. The molecule has 1 fully saturated rings. The standard InChI is InChI=1S/C17H29N5OS.HI/c1-5-19-15(23)17(2,3)13-20-16(18-4)22-10-8-21(9-11-22)14-7-6-12-24-14;/h6-7,12H,5,8-11,13H2,1-4H3,(H,18,20)(H,19,23);1H. The summed E-state index contributed by atoms with van der Waals surface area (Å²) >= 11 is 1.78. The highest BCUT2D eigenvalue weighted by Crippen LogP contribution is 2.22. The predicted molar refractivity (Wildman–Crippen MR) is 117 cm³/mol. The first-order valence-corrected chi connectivity index (χ1v) is 9.38. The number of rotatable bonds is 5. The van der Waals surface area contributed by atoms with E-state index >= 15 is 0 Å². The summed E-state index contributed by atoms with van der Waals surface area (Å²) in [5.74, 6) is 0.939. The first-order chi connectivity index (χ1) is 11.5. The Morgan fingerprint density at radius 2 is 1.96 bits per heavy atom. The predicted octanol–water partition coefficient (Wildman–Crippen LogP) is 2.23. The highest BCUT2D eigenvalue weighted by atomic mass is 127. The summed E-state index contributed by atoms with van der Waals surface area (Å²) in [5, 5.41) is 9.70. The van der Waals surface area contributed by atoms with Gasteiger partial charge in [0, 0.05) is 46.3 Å². The van der Waals surface area contributed by atoms with Crippen LogP contribution in [0.5, 0.6) is 0 Å². The second-order valence-electron chi connectivity index (χ2n) is 6.57. The van der Waals surface area contributed by atoms with E-state index in [1.165, 1.54) is 5.00 Å². The third-order valence-corrected chi connectivity index (χ3v) is 5.18. The number of hydrogen-bond donors (Lipinski definition) is 2. The van der Waals surface area contributed by atoms with E-state index in [9.17, 15) is 4.79 Å². The van der Waals surface area contributed by atoms with Crippen molar-refractivity contribution >= 4 is 52.2 Å². The zero-order valence-corrected chi connectivity index (χ0v) is 18.7. The highest BCUT2D eigenvalue weighted by molar-refractivity contribution is 14.0. The van der Waals surface area contributed by atoms with Crippen LogP contribution in [0, 0.1) is 5.41 Å². The lowest BCUT2D eigenvalue weighted by atomic mass is 9.92. The molecule has 0 saturated carbocycles. The van der Waals surface area contributed by atoms with Crippen LogP contribution in [0.1, 0.15) is 20.8 Å². The van der Waals surface area contributed by atoms with Crippen LogP contribution in [0.2, 0.25) is 0 Å². The maximum absolute atomic E-state index is 12.1. The molecular weight excluding hydrogens is 449 g/mol. The van der Waals surface area contributed by atoms with Crippen LogP contribution in [-0.4, -0.2) is 63.1 Å². The Kier molecular flexibility index (Phi) is 8.98. The smallest absolute Gasteiger partial charge is 0.227 e. The Morgan fingerprint density at radius 1 is 1.28 bits per heavy atom. The lowest BCUT2D eigenvalue weighted by Crippen LogP contribution is -2.54. The Labute approximate surface area is 172 Å². The number of piperazine rings is 1. The lowest BCUT2D eigenvalue weighted by molar-refractivity contribution is -0.128. The molecule has 2 rings (SSSR count). The van der Waals surface area contributed by atoms with Gasteiger partial charge in [0.2, 0.25) is 5.91 Å². The molecule has 0 radical (unpaired) electrons. The number of thiophene rings is 1. The van der Waals surface area contributed by atoms with E-state index in [2.05, 4.69) is 42.9 Å². The molecule has 0 atom stereocenters. The van der Waals surface area contributed by atoms with Gasteiger partial charge < -0.3 is 20.4 Å². The van der Waals surface area contributed by atoms with Crippen molar-refractivity contribution in [3.63, 3.8) is 0 Å². The molecule has 1 aromatic heterocycles. The second kappa shape index (κ2) is 10.2. The molecule has 1 amide bonds. The van der Waals surface area contributed by atoms with E-state index in [4.69, 9.17) is 0 Å². The highest BCUT2D eigenvalue weighted by Gasteiger charge is 2.28. The van der Waals surface area contributed by atoms with Crippen molar-refractivity contribution in [1.29, 1.82) is 0 Å². The minimum Gasteiger partial charge on any atom is -0.360 e. The van der Waals surface area contributed by atoms with Crippen LogP contribution in [0.15, 0.2) is 22.5 Å².